The highest BCUT2D eigenvalue weighted by Gasteiger charge is 2.51. The van der Waals surface area contributed by atoms with Crippen LogP contribution >= 0.6 is 0 Å². The molecule has 5 rings (SSSR count). The van der Waals surface area contributed by atoms with E-state index in [0.29, 0.717) is 17.9 Å². The fraction of sp³-hybridized carbons (Fsp3) is 0.552. The summed E-state index contributed by atoms with van der Waals surface area (Å²) in [5, 5.41) is 6.03. The predicted octanol–water partition coefficient (Wildman–Crippen LogP) is 4.55. The second-order valence-electron chi connectivity index (χ2n) is 12.0. The summed E-state index contributed by atoms with van der Waals surface area (Å²) in [6, 6.07) is 6.49. The minimum Gasteiger partial charge on any atom is -0.354 e. The van der Waals surface area contributed by atoms with Gasteiger partial charge in [0.05, 0.1) is 6.04 Å². The number of nitrogens with two attached hydrogens (primary N) is 1. The van der Waals surface area contributed by atoms with Gasteiger partial charge in [-0.2, -0.15) is 0 Å². The van der Waals surface area contributed by atoms with Crippen LogP contribution in [-0.2, 0) is 15.0 Å². The van der Waals surface area contributed by atoms with Crippen LogP contribution in [-0.4, -0.2) is 29.4 Å². The van der Waals surface area contributed by atoms with E-state index in [1.54, 1.807) is 24.5 Å². The number of carbonyl (C=O) groups is 2. The van der Waals surface area contributed by atoms with E-state index < -0.39 is 28.5 Å². The van der Waals surface area contributed by atoms with Crippen molar-refractivity contribution in [2.75, 3.05) is 11.9 Å². The standard InChI is InChI=1S/C29H36F2N4O2/c1-17-11-18-12-19(15-28(2,14-18)27(37)35-21-5-9-33-10-6-21)24(17)25(32)26(36)34-16-29(7-8-29)22-4-3-20(30)13-23(22)31/h3-6,9-10,13,17-19,24-25H,7-8,11-12,14-16,32H2,1-2H3,(H,34,36)(H,33,35,37). The zero-order valence-corrected chi connectivity index (χ0v) is 21.5. The van der Waals surface area contributed by atoms with E-state index >= 15 is 0 Å². The number of hydrogen-bond acceptors (Lipinski definition) is 4. The highest BCUT2D eigenvalue weighted by atomic mass is 19.1. The average molecular weight is 511 g/mol. The summed E-state index contributed by atoms with van der Waals surface area (Å²) in [6.07, 6.45) is 8.19. The van der Waals surface area contributed by atoms with Crippen molar-refractivity contribution in [1.82, 2.24) is 10.3 Å². The zero-order valence-electron chi connectivity index (χ0n) is 21.5. The Morgan fingerprint density at radius 1 is 1.14 bits per heavy atom. The number of rotatable bonds is 7. The molecule has 6 nitrogen and oxygen atoms in total. The number of pyridine rings is 1. The maximum atomic E-state index is 14.4. The van der Waals surface area contributed by atoms with Crippen molar-refractivity contribution >= 4 is 17.5 Å². The van der Waals surface area contributed by atoms with E-state index in [-0.39, 0.29) is 36.1 Å². The van der Waals surface area contributed by atoms with Crippen LogP contribution in [0, 0.1) is 40.7 Å². The summed E-state index contributed by atoms with van der Waals surface area (Å²) in [7, 11) is 0. The summed E-state index contributed by atoms with van der Waals surface area (Å²) in [5.41, 5.74) is 6.74. The highest BCUT2D eigenvalue weighted by Crippen LogP contribution is 2.54. The van der Waals surface area contributed by atoms with Crippen molar-refractivity contribution < 1.29 is 18.4 Å². The summed E-state index contributed by atoms with van der Waals surface area (Å²) < 4.78 is 27.8. The molecule has 0 aliphatic heterocycles. The first-order valence-electron chi connectivity index (χ1n) is 13.3. The van der Waals surface area contributed by atoms with Gasteiger partial charge in [-0.3, -0.25) is 14.6 Å². The Morgan fingerprint density at radius 2 is 1.86 bits per heavy atom. The lowest BCUT2D eigenvalue weighted by Gasteiger charge is -2.51. The molecule has 0 saturated heterocycles. The Labute approximate surface area is 216 Å². The van der Waals surface area contributed by atoms with Gasteiger partial charge in [0.25, 0.3) is 0 Å². The monoisotopic (exact) mass is 510 g/mol. The van der Waals surface area contributed by atoms with Gasteiger partial charge in [0.1, 0.15) is 11.6 Å². The van der Waals surface area contributed by atoms with Gasteiger partial charge in [-0.25, -0.2) is 8.78 Å². The second-order valence-corrected chi connectivity index (χ2v) is 12.0. The molecule has 0 spiro atoms. The van der Waals surface area contributed by atoms with Crippen molar-refractivity contribution in [3.63, 3.8) is 0 Å². The topological polar surface area (TPSA) is 97.1 Å². The van der Waals surface area contributed by atoms with Crippen molar-refractivity contribution in [3.05, 3.63) is 59.9 Å². The van der Waals surface area contributed by atoms with E-state index in [9.17, 15) is 18.4 Å². The SMILES string of the molecule is CC1CC2CC(CC(C)(C(=O)Nc3ccncc3)C2)C1C(N)C(=O)NCC1(c2ccc(F)cc2F)CC1. The Kier molecular flexibility index (Phi) is 6.81. The van der Waals surface area contributed by atoms with Gasteiger partial charge in [-0.15, -0.1) is 0 Å². The number of hydrogen-bond donors (Lipinski definition) is 3. The molecule has 2 amide bonds. The molecule has 1 heterocycles. The molecule has 4 N–H and O–H groups in total. The van der Waals surface area contributed by atoms with Crippen molar-refractivity contribution in [2.45, 2.75) is 63.8 Å². The molecule has 6 atom stereocenters. The molecular weight excluding hydrogens is 474 g/mol. The molecule has 3 fully saturated rings. The van der Waals surface area contributed by atoms with Gasteiger partial charge >= 0.3 is 0 Å². The van der Waals surface area contributed by atoms with E-state index in [1.165, 1.54) is 12.1 Å². The molecule has 2 aromatic rings. The van der Waals surface area contributed by atoms with Gasteiger partial charge in [0.15, 0.2) is 0 Å². The fourth-order valence-corrected chi connectivity index (χ4v) is 7.22. The summed E-state index contributed by atoms with van der Waals surface area (Å²) in [5.74, 6) is -0.611. The summed E-state index contributed by atoms with van der Waals surface area (Å²) in [6.45, 7) is 4.46. The first-order valence-corrected chi connectivity index (χ1v) is 13.3. The average Bonchev–Trinajstić information content (AvgIpc) is 3.63. The maximum Gasteiger partial charge on any atom is 0.237 e. The quantitative estimate of drug-likeness (QED) is 0.509. The first-order chi connectivity index (χ1) is 17.6. The van der Waals surface area contributed by atoms with E-state index in [2.05, 4.69) is 22.5 Å². The lowest BCUT2D eigenvalue weighted by Crippen LogP contribution is -2.55. The number of nitrogens with zero attached hydrogens (tertiary/aromatic N) is 1. The van der Waals surface area contributed by atoms with Crippen LogP contribution < -0.4 is 16.4 Å². The number of nitrogens with one attached hydrogen (secondary N) is 2. The molecule has 0 radical (unpaired) electrons. The molecule has 1 aromatic carbocycles. The number of halogens is 2. The van der Waals surface area contributed by atoms with Crippen LogP contribution in [0.2, 0.25) is 0 Å². The van der Waals surface area contributed by atoms with Gasteiger partial charge < -0.3 is 16.4 Å². The van der Waals surface area contributed by atoms with E-state index in [4.69, 9.17) is 5.73 Å². The van der Waals surface area contributed by atoms with Crippen LogP contribution in [0.3, 0.4) is 0 Å². The normalized spacial score (nSPS) is 30.7. The number of amides is 2. The molecule has 1 aromatic heterocycles. The smallest absolute Gasteiger partial charge is 0.237 e. The molecule has 3 saturated carbocycles. The molecule has 198 valence electrons. The Balaban J connectivity index is 1.25. The number of anilines is 1. The Hall–Kier alpha value is -2.87. The second kappa shape index (κ2) is 9.78. The molecule has 6 unspecified atom stereocenters. The minimum atomic E-state index is -0.708. The molecule has 2 bridgehead atoms. The number of benzene rings is 1. The third-order valence-corrected chi connectivity index (χ3v) is 9.16. The molecule has 37 heavy (non-hydrogen) atoms. The van der Waals surface area contributed by atoms with E-state index in [0.717, 1.165) is 43.9 Å². The first kappa shape index (κ1) is 25.8. The Bertz CT molecular complexity index is 1170. The predicted molar refractivity (Wildman–Crippen MR) is 137 cm³/mol. The van der Waals surface area contributed by atoms with Crippen LogP contribution in [0.4, 0.5) is 14.5 Å². The third-order valence-electron chi connectivity index (χ3n) is 9.16. The van der Waals surface area contributed by atoms with Crippen LogP contribution in [0.1, 0.15) is 57.9 Å². The maximum absolute atomic E-state index is 14.4. The van der Waals surface area contributed by atoms with Crippen LogP contribution in [0.25, 0.3) is 0 Å². The van der Waals surface area contributed by atoms with Gasteiger partial charge in [0.2, 0.25) is 11.8 Å². The number of aromatic nitrogens is 1. The largest absolute Gasteiger partial charge is 0.354 e. The number of fused-ring (bicyclic) bond motifs is 2. The molecular formula is C29H36F2N4O2. The summed E-state index contributed by atoms with van der Waals surface area (Å²) >= 11 is 0. The zero-order chi connectivity index (χ0) is 26.4. The van der Waals surface area contributed by atoms with Crippen LogP contribution in [0.5, 0.6) is 0 Å². The van der Waals surface area contributed by atoms with Gasteiger partial charge in [-0.05, 0) is 86.0 Å². The molecule has 3 aliphatic rings. The lowest BCUT2D eigenvalue weighted by atomic mass is 9.54. The van der Waals surface area contributed by atoms with Crippen LogP contribution in [0.15, 0.2) is 42.7 Å². The fourth-order valence-electron chi connectivity index (χ4n) is 7.22. The summed E-state index contributed by atoms with van der Waals surface area (Å²) in [4.78, 5) is 30.6. The molecule has 8 heteroatoms. The van der Waals surface area contributed by atoms with E-state index in [1.807, 2.05) is 6.92 Å². The minimum absolute atomic E-state index is 0.00303. The molecule has 3 aliphatic carbocycles. The van der Waals surface area contributed by atoms with Crippen molar-refractivity contribution in [2.24, 2.45) is 34.8 Å². The third kappa shape index (κ3) is 5.13. The Morgan fingerprint density at radius 3 is 2.54 bits per heavy atom. The van der Waals surface area contributed by atoms with Gasteiger partial charge in [0, 0.05) is 41.5 Å². The lowest BCUT2D eigenvalue weighted by molar-refractivity contribution is -0.133. The highest BCUT2D eigenvalue weighted by molar-refractivity contribution is 5.95. The van der Waals surface area contributed by atoms with Gasteiger partial charge in [-0.1, -0.05) is 19.9 Å². The number of carbonyl (C=O) groups excluding carboxylic acids is 2. The van der Waals surface area contributed by atoms with Crippen molar-refractivity contribution in [3.8, 4) is 0 Å². The van der Waals surface area contributed by atoms with Crippen molar-refractivity contribution in [1.29, 1.82) is 0 Å².